The fraction of sp³-hybridized carbons (Fsp3) is 0.500. The summed E-state index contributed by atoms with van der Waals surface area (Å²) in [6, 6.07) is 0. The Labute approximate surface area is 134 Å². The van der Waals surface area contributed by atoms with Crippen LogP contribution in [0.25, 0.3) is 0 Å². The molecule has 1 aliphatic heterocycles. The van der Waals surface area contributed by atoms with Gasteiger partial charge in [-0.3, -0.25) is 9.67 Å². The molecule has 1 saturated heterocycles. The molecule has 1 fully saturated rings. The standard InChI is InChI=1S/C14H21N7S/c1-19-11-12(10-18-19)2-3-16-13(15)20-5-7-21(8-6-20)14-17-4-9-22-14/h4,9-11H,2-3,5-8H2,1H3,(H2,15,16). The fourth-order valence-corrected chi connectivity index (χ4v) is 3.20. The minimum absolute atomic E-state index is 0.641. The maximum absolute atomic E-state index is 6.11. The lowest BCUT2D eigenvalue weighted by molar-refractivity contribution is 0.380. The fourth-order valence-electron chi connectivity index (χ4n) is 2.50. The van der Waals surface area contributed by atoms with Crippen molar-refractivity contribution in [3.63, 3.8) is 0 Å². The Morgan fingerprint density at radius 2 is 2.18 bits per heavy atom. The van der Waals surface area contributed by atoms with E-state index in [1.165, 1.54) is 5.56 Å². The lowest BCUT2D eigenvalue weighted by Crippen LogP contribution is -2.51. The average molecular weight is 319 g/mol. The highest BCUT2D eigenvalue weighted by atomic mass is 32.1. The normalized spacial score (nSPS) is 16.3. The average Bonchev–Trinajstić information content (AvgIpc) is 3.19. The van der Waals surface area contributed by atoms with E-state index in [0.29, 0.717) is 12.5 Å². The lowest BCUT2D eigenvalue weighted by atomic mass is 10.2. The van der Waals surface area contributed by atoms with Gasteiger partial charge < -0.3 is 15.5 Å². The van der Waals surface area contributed by atoms with Crippen molar-refractivity contribution in [2.45, 2.75) is 6.42 Å². The third kappa shape index (κ3) is 3.56. The molecule has 2 aromatic rings. The molecule has 2 aromatic heterocycles. The van der Waals surface area contributed by atoms with Gasteiger partial charge in [-0.1, -0.05) is 0 Å². The molecule has 7 nitrogen and oxygen atoms in total. The highest BCUT2D eigenvalue weighted by Gasteiger charge is 2.19. The van der Waals surface area contributed by atoms with Crippen molar-refractivity contribution >= 4 is 22.4 Å². The third-order valence-electron chi connectivity index (χ3n) is 3.73. The number of aromatic nitrogens is 3. The summed E-state index contributed by atoms with van der Waals surface area (Å²) in [5.74, 6) is 0.641. The third-order valence-corrected chi connectivity index (χ3v) is 4.56. The Hall–Kier alpha value is -2.09. The molecule has 8 heteroatoms. The van der Waals surface area contributed by atoms with Gasteiger partial charge in [0.05, 0.1) is 6.20 Å². The number of guanidine groups is 1. The largest absolute Gasteiger partial charge is 0.370 e. The molecule has 0 amide bonds. The van der Waals surface area contributed by atoms with E-state index in [-0.39, 0.29) is 0 Å². The Kier molecular flexibility index (Phi) is 4.57. The summed E-state index contributed by atoms with van der Waals surface area (Å²) in [6.45, 7) is 4.35. The van der Waals surface area contributed by atoms with E-state index in [0.717, 1.165) is 37.7 Å². The number of aliphatic imine (C=N–C) groups is 1. The van der Waals surface area contributed by atoms with E-state index in [9.17, 15) is 0 Å². The Morgan fingerprint density at radius 3 is 2.82 bits per heavy atom. The number of piperazine rings is 1. The number of rotatable bonds is 4. The summed E-state index contributed by atoms with van der Waals surface area (Å²) in [5, 5.41) is 7.25. The van der Waals surface area contributed by atoms with Crippen LogP contribution in [0.3, 0.4) is 0 Å². The molecule has 0 atom stereocenters. The van der Waals surface area contributed by atoms with Gasteiger partial charge in [0.2, 0.25) is 0 Å². The van der Waals surface area contributed by atoms with Crippen molar-refractivity contribution in [3.8, 4) is 0 Å². The summed E-state index contributed by atoms with van der Waals surface area (Å²) in [6.07, 6.45) is 6.60. The van der Waals surface area contributed by atoms with Crippen LogP contribution in [-0.4, -0.2) is 58.3 Å². The molecule has 0 unspecified atom stereocenters. The zero-order valence-electron chi connectivity index (χ0n) is 12.7. The second-order valence-corrected chi connectivity index (χ2v) is 6.17. The van der Waals surface area contributed by atoms with Crippen LogP contribution in [0, 0.1) is 0 Å². The topological polar surface area (TPSA) is 75.6 Å². The van der Waals surface area contributed by atoms with Crippen molar-refractivity contribution in [2.75, 3.05) is 37.6 Å². The van der Waals surface area contributed by atoms with Gasteiger partial charge in [-0.15, -0.1) is 11.3 Å². The van der Waals surface area contributed by atoms with Crippen LogP contribution in [0.2, 0.25) is 0 Å². The highest BCUT2D eigenvalue weighted by Crippen LogP contribution is 2.18. The van der Waals surface area contributed by atoms with Crippen molar-refractivity contribution in [2.24, 2.45) is 17.8 Å². The molecule has 22 heavy (non-hydrogen) atoms. The van der Waals surface area contributed by atoms with Gasteiger partial charge in [-0.2, -0.15) is 5.10 Å². The molecule has 0 spiro atoms. The zero-order chi connectivity index (χ0) is 15.4. The Bertz CT molecular complexity index is 611. The minimum atomic E-state index is 0.641. The van der Waals surface area contributed by atoms with Crippen LogP contribution in [0.1, 0.15) is 5.56 Å². The van der Waals surface area contributed by atoms with Crippen LogP contribution in [0.4, 0.5) is 5.13 Å². The molecule has 0 radical (unpaired) electrons. The summed E-state index contributed by atoms with van der Waals surface area (Å²) in [5.41, 5.74) is 7.29. The molecule has 1 aliphatic rings. The maximum atomic E-state index is 6.11. The quantitative estimate of drug-likeness (QED) is 0.658. The van der Waals surface area contributed by atoms with Gasteiger partial charge in [0.15, 0.2) is 11.1 Å². The van der Waals surface area contributed by atoms with E-state index >= 15 is 0 Å². The molecule has 3 rings (SSSR count). The Balaban J connectivity index is 1.46. The summed E-state index contributed by atoms with van der Waals surface area (Å²) < 4.78 is 1.81. The number of hydrogen-bond donors (Lipinski definition) is 1. The molecular weight excluding hydrogens is 298 g/mol. The zero-order valence-corrected chi connectivity index (χ0v) is 13.5. The minimum Gasteiger partial charge on any atom is -0.370 e. The molecular formula is C14H21N7S. The van der Waals surface area contributed by atoms with Gasteiger partial charge in [0.1, 0.15) is 0 Å². The molecule has 0 saturated carbocycles. The smallest absolute Gasteiger partial charge is 0.191 e. The van der Waals surface area contributed by atoms with Crippen LogP contribution in [-0.2, 0) is 13.5 Å². The second kappa shape index (κ2) is 6.78. The van der Waals surface area contributed by atoms with Gasteiger partial charge in [0.25, 0.3) is 0 Å². The van der Waals surface area contributed by atoms with E-state index in [1.54, 1.807) is 16.0 Å². The maximum Gasteiger partial charge on any atom is 0.191 e. The summed E-state index contributed by atoms with van der Waals surface area (Å²) in [4.78, 5) is 13.3. The monoisotopic (exact) mass is 319 g/mol. The van der Waals surface area contributed by atoms with Crippen molar-refractivity contribution in [1.82, 2.24) is 19.7 Å². The van der Waals surface area contributed by atoms with Crippen LogP contribution >= 0.6 is 11.3 Å². The van der Waals surface area contributed by atoms with Crippen molar-refractivity contribution in [1.29, 1.82) is 0 Å². The first-order valence-corrected chi connectivity index (χ1v) is 8.27. The predicted octanol–water partition coefficient (Wildman–Crippen LogP) is 0.556. The number of anilines is 1. The van der Waals surface area contributed by atoms with Gasteiger partial charge in [0, 0.05) is 57.5 Å². The molecule has 2 N–H and O–H groups in total. The van der Waals surface area contributed by atoms with Crippen molar-refractivity contribution < 1.29 is 0 Å². The van der Waals surface area contributed by atoms with E-state index < -0.39 is 0 Å². The van der Waals surface area contributed by atoms with Gasteiger partial charge in [-0.05, 0) is 12.0 Å². The highest BCUT2D eigenvalue weighted by molar-refractivity contribution is 7.13. The van der Waals surface area contributed by atoms with E-state index in [4.69, 9.17) is 5.73 Å². The number of thiazole rings is 1. The van der Waals surface area contributed by atoms with E-state index in [1.807, 2.05) is 31.0 Å². The lowest BCUT2D eigenvalue weighted by Gasteiger charge is -2.35. The van der Waals surface area contributed by atoms with Gasteiger partial charge in [-0.25, -0.2) is 4.98 Å². The second-order valence-electron chi connectivity index (χ2n) is 5.30. The Morgan fingerprint density at radius 1 is 1.36 bits per heavy atom. The van der Waals surface area contributed by atoms with Crippen LogP contribution < -0.4 is 10.6 Å². The molecule has 0 bridgehead atoms. The van der Waals surface area contributed by atoms with Gasteiger partial charge >= 0.3 is 0 Å². The first kappa shape index (κ1) is 14.8. The number of nitrogens with zero attached hydrogens (tertiary/aromatic N) is 6. The molecule has 118 valence electrons. The number of hydrogen-bond acceptors (Lipinski definition) is 5. The SMILES string of the molecule is Cn1cc(CCN=C(N)N2CCN(c3nccs3)CC2)cn1. The molecule has 0 aromatic carbocycles. The number of nitrogens with two attached hydrogens (primary N) is 1. The first-order chi connectivity index (χ1) is 10.7. The number of aryl methyl sites for hydroxylation is 1. The molecule has 0 aliphatic carbocycles. The van der Waals surface area contributed by atoms with E-state index in [2.05, 4.69) is 24.9 Å². The van der Waals surface area contributed by atoms with Crippen LogP contribution in [0.5, 0.6) is 0 Å². The summed E-state index contributed by atoms with van der Waals surface area (Å²) in [7, 11) is 1.92. The summed E-state index contributed by atoms with van der Waals surface area (Å²) >= 11 is 1.68. The van der Waals surface area contributed by atoms with Crippen molar-refractivity contribution in [3.05, 3.63) is 29.5 Å². The van der Waals surface area contributed by atoms with Crippen LogP contribution in [0.15, 0.2) is 29.0 Å². The first-order valence-electron chi connectivity index (χ1n) is 7.39. The molecule has 3 heterocycles. The predicted molar refractivity (Wildman–Crippen MR) is 89.3 cm³/mol.